The Balaban J connectivity index is 2.73. The smallest absolute Gasteiger partial charge is 0.288 e. The van der Waals surface area contributed by atoms with Crippen LogP contribution >= 0.6 is 0 Å². The van der Waals surface area contributed by atoms with Gasteiger partial charge in [-0.25, -0.2) is 0 Å². The molecule has 0 bridgehead atoms. The Labute approximate surface area is 175 Å². The Kier molecular flexibility index (Phi) is 13.6. The van der Waals surface area contributed by atoms with Gasteiger partial charge in [0.05, 0.1) is 18.1 Å². The second-order valence-electron chi connectivity index (χ2n) is 8.62. The summed E-state index contributed by atoms with van der Waals surface area (Å²) in [6.07, 6.45) is 19.0. The van der Waals surface area contributed by atoms with Gasteiger partial charge in [-0.1, -0.05) is 84.5 Å². The molecule has 0 aliphatic carbocycles. The SMILES string of the molecule is CCCCCCCCC(CCCC)(CCCCCC1CO1)C(OC)(OC)OC. The maximum absolute atomic E-state index is 5.94. The fourth-order valence-electron chi connectivity index (χ4n) is 4.74. The molecule has 1 fully saturated rings. The number of ether oxygens (including phenoxy) is 4. The summed E-state index contributed by atoms with van der Waals surface area (Å²) < 4.78 is 23.2. The maximum atomic E-state index is 5.94. The van der Waals surface area contributed by atoms with Gasteiger partial charge in [-0.2, -0.15) is 0 Å². The highest BCUT2D eigenvalue weighted by molar-refractivity contribution is 4.89. The van der Waals surface area contributed by atoms with Crippen LogP contribution in [0.1, 0.15) is 110 Å². The number of unbranched alkanes of at least 4 members (excludes halogenated alkanes) is 8. The van der Waals surface area contributed by atoms with Crippen molar-refractivity contribution >= 4 is 0 Å². The van der Waals surface area contributed by atoms with E-state index >= 15 is 0 Å². The van der Waals surface area contributed by atoms with E-state index in [0.29, 0.717) is 6.10 Å². The Hall–Kier alpha value is -0.160. The minimum absolute atomic E-state index is 0.0813. The monoisotopic (exact) mass is 400 g/mol. The first-order chi connectivity index (χ1) is 13.6. The average Bonchev–Trinajstić information content (AvgIpc) is 3.54. The summed E-state index contributed by atoms with van der Waals surface area (Å²) in [6, 6.07) is 0. The van der Waals surface area contributed by atoms with Crippen LogP contribution in [0.2, 0.25) is 0 Å². The van der Waals surface area contributed by atoms with Gasteiger partial charge >= 0.3 is 0 Å². The summed E-state index contributed by atoms with van der Waals surface area (Å²) in [7, 11) is 5.21. The van der Waals surface area contributed by atoms with Crippen molar-refractivity contribution in [2.24, 2.45) is 5.41 Å². The number of rotatable bonds is 20. The molecule has 1 aliphatic heterocycles. The molecule has 168 valence electrons. The predicted octanol–water partition coefficient (Wildman–Crippen LogP) is 6.86. The maximum Gasteiger partial charge on any atom is 0.288 e. The van der Waals surface area contributed by atoms with Gasteiger partial charge in [0.15, 0.2) is 0 Å². The largest absolute Gasteiger partial charge is 0.373 e. The second kappa shape index (κ2) is 14.8. The normalized spacial score (nSPS) is 19.0. The molecule has 0 saturated carbocycles. The second-order valence-corrected chi connectivity index (χ2v) is 8.62. The van der Waals surface area contributed by atoms with Gasteiger partial charge in [0.1, 0.15) is 0 Å². The lowest BCUT2D eigenvalue weighted by Crippen LogP contribution is -2.53. The molecule has 28 heavy (non-hydrogen) atoms. The van der Waals surface area contributed by atoms with Gasteiger partial charge in [0, 0.05) is 21.3 Å². The van der Waals surface area contributed by atoms with Crippen LogP contribution in [0.15, 0.2) is 0 Å². The Morgan fingerprint density at radius 2 is 1.14 bits per heavy atom. The summed E-state index contributed by atoms with van der Waals surface area (Å²) in [5.74, 6) is -0.939. The lowest BCUT2D eigenvalue weighted by Gasteiger charge is -2.47. The third-order valence-electron chi connectivity index (χ3n) is 6.56. The Morgan fingerprint density at radius 1 is 0.679 bits per heavy atom. The summed E-state index contributed by atoms with van der Waals surface area (Å²) in [4.78, 5) is 0. The van der Waals surface area contributed by atoms with Crippen molar-refractivity contribution in [3.63, 3.8) is 0 Å². The zero-order valence-corrected chi connectivity index (χ0v) is 19.5. The van der Waals surface area contributed by atoms with Crippen LogP contribution in [0, 0.1) is 5.41 Å². The summed E-state index contributed by atoms with van der Waals surface area (Å²) in [5, 5.41) is 0. The van der Waals surface area contributed by atoms with E-state index in [4.69, 9.17) is 18.9 Å². The van der Waals surface area contributed by atoms with E-state index < -0.39 is 5.97 Å². The molecule has 2 atom stereocenters. The van der Waals surface area contributed by atoms with E-state index in [1.165, 1.54) is 77.0 Å². The fraction of sp³-hybridized carbons (Fsp3) is 1.00. The van der Waals surface area contributed by atoms with Gasteiger partial charge in [-0.05, 0) is 25.7 Å². The number of hydrogen-bond acceptors (Lipinski definition) is 4. The third-order valence-corrected chi connectivity index (χ3v) is 6.56. The third kappa shape index (κ3) is 8.30. The minimum atomic E-state index is -0.939. The summed E-state index contributed by atoms with van der Waals surface area (Å²) in [6.45, 7) is 5.51. The van der Waals surface area contributed by atoms with Gasteiger partial charge in [-0.15, -0.1) is 0 Å². The van der Waals surface area contributed by atoms with Crippen LogP contribution in [0.25, 0.3) is 0 Å². The highest BCUT2D eigenvalue weighted by Crippen LogP contribution is 2.48. The van der Waals surface area contributed by atoms with Crippen molar-refractivity contribution in [2.45, 2.75) is 122 Å². The molecule has 0 amide bonds. The van der Waals surface area contributed by atoms with Crippen LogP contribution < -0.4 is 0 Å². The van der Waals surface area contributed by atoms with E-state index in [-0.39, 0.29) is 5.41 Å². The molecule has 1 heterocycles. The van der Waals surface area contributed by atoms with Crippen molar-refractivity contribution < 1.29 is 18.9 Å². The van der Waals surface area contributed by atoms with Crippen LogP contribution in [0.5, 0.6) is 0 Å². The van der Waals surface area contributed by atoms with Crippen molar-refractivity contribution in [3.05, 3.63) is 0 Å². The standard InChI is InChI=1S/C24H48O4/c1-6-8-10-11-12-15-19-23(18-9-7-2,24(25-3,26-4)27-5)20-16-13-14-17-22-21-28-22/h22H,6-21H2,1-5H3. The van der Waals surface area contributed by atoms with E-state index in [9.17, 15) is 0 Å². The predicted molar refractivity (Wildman–Crippen MR) is 117 cm³/mol. The first kappa shape index (κ1) is 25.9. The molecular weight excluding hydrogens is 352 g/mol. The molecule has 0 aromatic carbocycles. The molecule has 1 rings (SSSR count). The Bertz CT molecular complexity index is 357. The van der Waals surface area contributed by atoms with Gasteiger partial charge in [-0.3, -0.25) is 0 Å². The molecule has 0 aromatic heterocycles. The molecule has 1 saturated heterocycles. The van der Waals surface area contributed by atoms with Crippen molar-refractivity contribution in [1.82, 2.24) is 0 Å². The molecule has 4 heteroatoms. The lowest BCUT2D eigenvalue weighted by molar-refractivity contribution is -0.411. The molecule has 0 radical (unpaired) electrons. The molecule has 1 aliphatic rings. The first-order valence-electron chi connectivity index (χ1n) is 11.9. The first-order valence-corrected chi connectivity index (χ1v) is 11.9. The van der Waals surface area contributed by atoms with Gasteiger partial charge < -0.3 is 18.9 Å². The topological polar surface area (TPSA) is 40.2 Å². The highest BCUT2D eigenvalue weighted by atomic mass is 16.9. The van der Waals surface area contributed by atoms with Crippen LogP contribution in [-0.4, -0.2) is 40.0 Å². The van der Waals surface area contributed by atoms with Crippen LogP contribution in [0.4, 0.5) is 0 Å². The summed E-state index contributed by atoms with van der Waals surface area (Å²) in [5.41, 5.74) is -0.0813. The van der Waals surface area contributed by atoms with Crippen molar-refractivity contribution in [3.8, 4) is 0 Å². The van der Waals surface area contributed by atoms with Crippen molar-refractivity contribution in [2.75, 3.05) is 27.9 Å². The van der Waals surface area contributed by atoms with E-state index in [0.717, 1.165) is 25.9 Å². The molecule has 4 nitrogen and oxygen atoms in total. The molecular formula is C24H48O4. The Morgan fingerprint density at radius 3 is 1.64 bits per heavy atom. The quantitative estimate of drug-likeness (QED) is 0.127. The van der Waals surface area contributed by atoms with E-state index in [1.807, 2.05) is 0 Å². The highest BCUT2D eigenvalue weighted by Gasteiger charge is 2.52. The summed E-state index contributed by atoms with van der Waals surface area (Å²) >= 11 is 0. The molecule has 0 aromatic rings. The minimum Gasteiger partial charge on any atom is -0.373 e. The fourth-order valence-corrected chi connectivity index (χ4v) is 4.74. The number of methoxy groups -OCH3 is 3. The molecule has 0 N–H and O–H groups in total. The zero-order valence-electron chi connectivity index (χ0n) is 19.5. The lowest BCUT2D eigenvalue weighted by atomic mass is 9.71. The molecule has 0 spiro atoms. The van der Waals surface area contributed by atoms with Gasteiger partial charge in [0.2, 0.25) is 0 Å². The van der Waals surface area contributed by atoms with Crippen molar-refractivity contribution in [1.29, 1.82) is 0 Å². The van der Waals surface area contributed by atoms with Crippen LogP contribution in [-0.2, 0) is 18.9 Å². The average molecular weight is 401 g/mol. The number of epoxide rings is 1. The van der Waals surface area contributed by atoms with E-state index in [1.54, 1.807) is 21.3 Å². The van der Waals surface area contributed by atoms with Gasteiger partial charge in [0.25, 0.3) is 5.97 Å². The molecule has 2 unspecified atom stereocenters. The number of hydrogen-bond donors (Lipinski definition) is 0. The van der Waals surface area contributed by atoms with E-state index in [2.05, 4.69) is 13.8 Å². The zero-order chi connectivity index (χ0) is 20.7. The van der Waals surface area contributed by atoms with Crippen LogP contribution in [0.3, 0.4) is 0 Å².